The number of carbonyl (C=O) groups is 2. The Bertz CT molecular complexity index is 1940. The van der Waals surface area contributed by atoms with Crippen molar-refractivity contribution in [2.75, 3.05) is 39.4 Å². The van der Waals surface area contributed by atoms with Gasteiger partial charge in [0.15, 0.2) is 0 Å². The molecule has 0 bridgehead atoms. The maximum absolute atomic E-state index is 11.8. The molecular formula is C49H64N6O4. The monoisotopic (exact) mass is 800 g/mol. The van der Waals surface area contributed by atoms with Crippen molar-refractivity contribution >= 4 is 11.9 Å². The van der Waals surface area contributed by atoms with E-state index in [9.17, 15) is 9.59 Å². The molecule has 0 unspecified atom stereocenters. The van der Waals surface area contributed by atoms with Crippen LogP contribution in [-0.4, -0.2) is 82.2 Å². The van der Waals surface area contributed by atoms with Crippen molar-refractivity contribution in [1.29, 1.82) is 0 Å². The first-order valence-corrected chi connectivity index (χ1v) is 22.3. The van der Waals surface area contributed by atoms with Crippen LogP contribution in [-0.2, 0) is 33.1 Å². The van der Waals surface area contributed by atoms with Gasteiger partial charge in [-0.3, -0.25) is 0 Å². The first kappa shape index (κ1) is 42.6. The van der Waals surface area contributed by atoms with Crippen molar-refractivity contribution in [3.05, 3.63) is 118 Å². The Hall–Kier alpha value is -4.54. The Labute approximate surface area is 351 Å². The number of benzene rings is 2. The molecule has 0 atom stereocenters. The van der Waals surface area contributed by atoms with Gasteiger partial charge in [-0.2, -0.15) is 0 Å². The van der Waals surface area contributed by atoms with E-state index in [1.807, 2.05) is 0 Å². The highest BCUT2D eigenvalue weighted by Gasteiger charge is 2.41. The Morgan fingerprint density at radius 3 is 1.37 bits per heavy atom. The van der Waals surface area contributed by atoms with Gasteiger partial charge in [-0.1, -0.05) is 61.4 Å². The van der Waals surface area contributed by atoms with Crippen LogP contribution in [0.2, 0.25) is 0 Å². The number of nitrogens with zero attached hydrogens (tertiary/aromatic N) is 5. The van der Waals surface area contributed by atoms with Crippen LogP contribution in [0.15, 0.2) is 73.3 Å². The molecule has 10 nitrogen and oxygen atoms in total. The van der Waals surface area contributed by atoms with Crippen LogP contribution in [0.3, 0.4) is 0 Å². The van der Waals surface area contributed by atoms with E-state index in [1.165, 1.54) is 99.6 Å². The Morgan fingerprint density at radius 1 is 0.644 bits per heavy atom. The lowest BCUT2D eigenvalue weighted by Gasteiger charge is -2.42. The van der Waals surface area contributed by atoms with Gasteiger partial charge in [-0.05, 0) is 139 Å². The van der Waals surface area contributed by atoms with Crippen LogP contribution in [0, 0.1) is 0 Å². The third kappa shape index (κ3) is 10.3. The average Bonchev–Trinajstić information content (AvgIpc) is 3.25. The number of carbonyl (C=O) groups excluding carboxylic acids is 2. The third-order valence-electron chi connectivity index (χ3n) is 13.6. The molecule has 59 heavy (non-hydrogen) atoms. The average molecular weight is 801 g/mol. The number of esters is 2. The van der Waals surface area contributed by atoms with Crippen LogP contribution < -0.4 is 5.32 Å². The number of hydrogen-bond donors (Lipinski definition) is 1. The molecule has 8 rings (SSSR count). The number of rotatable bonds is 13. The number of piperidine rings is 2. The van der Waals surface area contributed by atoms with Crippen LogP contribution in [0.25, 0.3) is 0 Å². The van der Waals surface area contributed by atoms with Gasteiger partial charge in [0.05, 0.1) is 24.3 Å². The van der Waals surface area contributed by atoms with Gasteiger partial charge in [-0.15, -0.1) is 0 Å². The lowest BCUT2D eigenvalue weighted by Crippen LogP contribution is -2.38. The molecular weight excluding hydrogens is 737 g/mol. The lowest BCUT2D eigenvalue weighted by molar-refractivity contribution is 0.0515. The summed E-state index contributed by atoms with van der Waals surface area (Å²) in [6.45, 7) is 13.5. The summed E-state index contributed by atoms with van der Waals surface area (Å²) < 4.78 is 10.0. The fourth-order valence-corrected chi connectivity index (χ4v) is 9.60. The summed E-state index contributed by atoms with van der Waals surface area (Å²) in [5, 5.41) is 3.44. The number of nitrogens with one attached hydrogen (secondary N) is 1. The predicted molar refractivity (Wildman–Crippen MR) is 231 cm³/mol. The minimum absolute atomic E-state index is 0.130. The van der Waals surface area contributed by atoms with E-state index >= 15 is 0 Å². The van der Waals surface area contributed by atoms with Crippen molar-refractivity contribution in [1.82, 2.24) is 30.2 Å². The van der Waals surface area contributed by atoms with Gasteiger partial charge >= 0.3 is 11.9 Å². The molecule has 2 saturated carbocycles. The second-order valence-electron chi connectivity index (χ2n) is 17.5. The van der Waals surface area contributed by atoms with Crippen LogP contribution in [0.5, 0.6) is 0 Å². The van der Waals surface area contributed by atoms with E-state index in [0.29, 0.717) is 42.2 Å². The third-order valence-corrected chi connectivity index (χ3v) is 13.6. The van der Waals surface area contributed by atoms with E-state index in [1.54, 1.807) is 38.6 Å². The molecule has 0 spiro atoms. The van der Waals surface area contributed by atoms with Gasteiger partial charge in [0.1, 0.15) is 11.6 Å². The van der Waals surface area contributed by atoms with Crippen LogP contribution in [0.1, 0.15) is 158 Å². The normalized spacial score (nSPS) is 19.1. The molecule has 10 heteroatoms. The van der Waals surface area contributed by atoms with E-state index in [-0.39, 0.29) is 22.8 Å². The molecule has 0 radical (unpaired) electrons. The minimum Gasteiger partial charge on any atom is -0.462 e. The first-order valence-electron chi connectivity index (χ1n) is 22.3. The second kappa shape index (κ2) is 19.7. The Kier molecular flexibility index (Phi) is 14.2. The zero-order chi connectivity index (χ0) is 41.2. The van der Waals surface area contributed by atoms with Crippen LogP contribution >= 0.6 is 0 Å². The molecule has 2 aliphatic heterocycles. The van der Waals surface area contributed by atoms with E-state index in [4.69, 9.17) is 9.47 Å². The van der Waals surface area contributed by atoms with Crippen LogP contribution in [0.4, 0.5) is 0 Å². The highest BCUT2D eigenvalue weighted by atomic mass is 16.5. The van der Waals surface area contributed by atoms with Crippen molar-refractivity contribution < 1.29 is 19.1 Å². The SMILES string of the molecule is CCOC(=O)c1cnc(CC2(c3ccc(C4CCN(C(C)C)CC4)cc3)CCC2)nc1.CCOC(=O)c1cnc(CC2(c3ccc(C4CCNCC4)cc3)CCC2)nc1. The largest absolute Gasteiger partial charge is 0.462 e. The molecule has 4 aromatic rings. The quantitative estimate of drug-likeness (QED) is 0.132. The minimum atomic E-state index is -0.360. The summed E-state index contributed by atoms with van der Waals surface area (Å²) in [5.41, 5.74) is 6.85. The summed E-state index contributed by atoms with van der Waals surface area (Å²) in [7, 11) is 0. The van der Waals surface area contributed by atoms with Crippen molar-refractivity contribution in [2.45, 2.75) is 133 Å². The maximum atomic E-state index is 11.8. The topological polar surface area (TPSA) is 119 Å². The molecule has 2 aromatic carbocycles. The van der Waals surface area contributed by atoms with Gasteiger partial charge < -0.3 is 19.7 Å². The van der Waals surface area contributed by atoms with E-state index in [0.717, 1.165) is 37.6 Å². The van der Waals surface area contributed by atoms with Gasteiger partial charge in [-0.25, -0.2) is 29.5 Å². The highest BCUT2D eigenvalue weighted by molar-refractivity contribution is 5.89. The zero-order valence-corrected chi connectivity index (χ0v) is 35.8. The van der Waals surface area contributed by atoms with Gasteiger partial charge in [0.25, 0.3) is 0 Å². The molecule has 1 N–H and O–H groups in total. The van der Waals surface area contributed by atoms with E-state index < -0.39 is 0 Å². The molecule has 4 heterocycles. The summed E-state index contributed by atoms with van der Waals surface area (Å²) in [6.07, 6.45) is 20.1. The second-order valence-corrected chi connectivity index (χ2v) is 17.5. The number of ether oxygens (including phenoxy) is 2. The maximum Gasteiger partial charge on any atom is 0.341 e. The molecule has 4 fully saturated rings. The Morgan fingerprint density at radius 2 is 1.03 bits per heavy atom. The van der Waals surface area contributed by atoms with Crippen molar-refractivity contribution in [3.8, 4) is 0 Å². The summed E-state index contributed by atoms with van der Waals surface area (Å²) in [6, 6.07) is 19.4. The highest BCUT2D eigenvalue weighted by Crippen LogP contribution is 2.47. The number of hydrogen-bond acceptors (Lipinski definition) is 10. The standard InChI is InChI=1S/C26H35N3O2.C23H29N3O2/c1-4-31-25(30)22-17-27-24(28-18-22)16-26(12-5-13-26)23-8-6-20(7-9-23)21-10-14-29(15-11-21)19(2)3;1-2-28-22(27)19-15-25-21(26-16-19)14-23(10-3-11-23)20-6-4-17(5-7-20)18-8-12-24-13-9-18/h6-9,17-19,21H,4-5,10-16H2,1-3H3;4-7,15-16,18,24H,2-3,8-14H2,1H3. The predicted octanol–water partition coefficient (Wildman–Crippen LogP) is 8.69. The lowest BCUT2D eigenvalue weighted by atomic mass is 9.62. The van der Waals surface area contributed by atoms with E-state index in [2.05, 4.69) is 92.5 Å². The number of likely N-dealkylation sites (tertiary alicyclic amines) is 1. The summed E-state index contributed by atoms with van der Waals surface area (Å²) in [4.78, 5) is 44.0. The molecule has 0 amide bonds. The fourth-order valence-electron chi connectivity index (χ4n) is 9.60. The smallest absolute Gasteiger partial charge is 0.341 e. The first-order chi connectivity index (χ1) is 28.7. The zero-order valence-electron chi connectivity index (χ0n) is 35.8. The molecule has 2 aliphatic carbocycles. The Balaban J connectivity index is 0.000000180. The molecule has 2 aromatic heterocycles. The van der Waals surface area contributed by atoms with Crippen molar-refractivity contribution in [2.24, 2.45) is 0 Å². The van der Waals surface area contributed by atoms with Gasteiger partial charge in [0, 0.05) is 54.5 Å². The van der Waals surface area contributed by atoms with Gasteiger partial charge in [0.2, 0.25) is 0 Å². The van der Waals surface area contributed by atoms with Crippen molar-refractivity contribution in [3.63, 3.8) is 0 Å². The number of aromatic nitrogens is 4. The summed E-state index contributed by atoms with van der Waals surface area (Å²) in [5.74, 6) is 2.25. The fraction of sp³-hybridized carbons (Fsp3) is 0.551. The molecule has 2 saturated heterocycles. The summed E-state index contributed by atoms with van der Waals surface area (Å²) >= 11 is 0. The molecule has 314 valence electrons. The molecule has 4 aliphatic rings.